The van der Waals surface area contributed by atoms with Gasteiger partial charge in [0, 0.05) is 68.4 Å². The molecule has 3 aliphatic heterocycles. The molecule has 0 aromatic heterocycles. The average molecular weight is 776 g/mol. The minimum atomic E-state index is -0.501. The highest BCUT2D eigenvalue weighted by molar-refractivity contribution is 6.30. The summed E-state index contributed by atoms with van der Waals surface area (Å²) in [5.41, 5.74) is 1.92. The Morgan fingerprint density at radius 2 is 1.42 bits per heavy atom. The van der Waals surface area contributed by atoms with Crippen LogP contribution in [0.1, 0.15) is 54.1 Å². The molecule has 0 spiro atoms. The number of hydrogen-bond acceptors (Lipinski definition) is 9. The van der Waals surface area contributed by atoms with E-state index in [1.165, 1.54) is 0 Å². The predicted octanol–water partition coefficient (Wildman–Crippen LogP) is 5.42. The Kier molecular flexibility index (Phi) is 13.1. The quantitative estimate of drug-likeness (QED) is 0.228. The van der Waals surface area contributed by atoms with Crippen LogP contribution in [0.2, 0.25) is 5.02 Å². The highest BCUT2D eigenvalue weighted by Crippen LogP contribution is 2.42. The maximum Gasteiger partial charge on any atom is 0.320 e. The number of hydrogen-bond donors (Lipinski definition) is 1. The number of nitrogens with one attached hydrogen (secondary N) is 1. The molecule has 1 unspecified atom stereocenters. The number of carbonyl (C=O) groups is 3. The molecule has 3 saturated heterocycles. The monoisotopic (exact) mass is 775 g/mol. The highest BCUT2D eigenvalue weighted by Gasteiger charge is 2.44. The second-order valence-electron chi connectivity index (χ2n) is 14.7. The lowest BCUT2D eigenvalue weighted by atomic mass is 9.76. The molecule has 296 valence electrons. The molecule has 55 heavy (non-hydrogen) atoms. The molecule has 3 fully saturated rings. The van der Waals surface area contributed by atoms with E-state index in [-0.39, 0.29) is 29.9 Å². The Balaban J connectivity index is 1.13. The Morgan fingerprint density at radius 1 is 0.745 bits per heavy atom. The molecule has 6 rings (SSSR count). The molecule has 13 heteroatoms. The van der Waals surface area contributed by atoms with Crippen molar-refractivity contribution in [3.05, 3.63) is 88.4 Å². The van der Waals surface area contributed by atoms with Crippen LogP contribution in [0.3, 0.4) is 0 Å². The molecule has 3 aliphatic rings. The number of piperazine rings is 1. The first-order chi connectivity index (χ1) is 26.6. The molecule has 1 N–H and O–H groups in total. The lowest BCUT2D eigenvalue weighted by Gasteiger charge is -2.45. The fourth-order valence-corrected chi connectivity index (χ4v) is 8.58. The molecular weight excluding hydrogens is 722 g/mol. The van der Waals surface area contributed by atoms with Gasteiger partial charge in [0.1, 0.15) is 0 Å². The summed E-state index contributed by atoms with van der Waals surface area (Å²) in [5, 5.41) is 4.15. The number of rotatable bonds is 13. The van der Waals surface area contributed by atoms with Crippen LogP contribution in [0.4, 0.5) is 4.79 Å². The fourth-order valence-electron chi connectivity index (χ4n) is 8.39. The summed E-state index contributed by atoms with van der Waals surface area (Å²) in [6, 6.07) is 21.7. The van der Waals surface area contributed by atoms with Crippen molar-refractivity contribution in [1.29, 1.82) is 0 Å². The van der Waals surface area contributed by atoms with E-state index < -0.39 is 5.54 Å². The molecule has 0 saturated carbocycles. The second-order valence-corrected chi connectivity index (χ2v) is 15.2. The van der Waals surface area contributed by atoms with E-state index in [2.05, 4.69) is 28.4 Å². The largest absolute Gasteiger partial charge is 0.493 e. The summed E-state index contributed by atoms with van der Waals surface area (Å²) >= 11 is 6.56. The Morgan fingerprint density at radius 3 is 2.04 bits per heavy atom. The van der Waals surface area contributed by atoms with Crippen molar-refractivity contribution in [2.75, 3.05) is 93.4 Å². The zero-order chi connectivity index (χ0) is 39.0. The van der Waals surface area contributed by atoms with Crippen molar-refractivity contribution in [2.24, 2.45) is 0 Å². The number of nitrogens with zero attached hydrogens (tertiary/aromatic N) is 4. The first-order valence-corrected chi connectivity index (χ1v) is 19.6. The molecule has 12 nitrogen and oxygen atoms in total. The summed E-state index contributed by atoms with van der Waals surface area (Å²) in [6.45, 7) is 8.35. The van der Waals surface area contributed by atoms with Crippen LogP contribution in [-0.2, 0) is 20.5 Å². The van der Waals surface area contributed by atoms with Crippen LogP contribution in [0.5, 0.6) is 17.2 Å². The van der Waals surface area contributed by atoms with Gasteiger partial charge in [0.05, 0.1) is 40.0 Å². The first kappa shape index (κ1) is 40.2. The lowest BCUT2D eigenvalue weighted by Crippen LogP contribution is -2.59. The van der Waals surface area contributed by atoms with E-state index in [4.69, 9.17) is 30.5 Å². The van der Waals surface area contributed by atoms with E-state index in [1.54, 1.807) is 40.4 Å². The van der Waals surface area contributed by atoms with Crippen molar-refractivity contribution in [2.45, 2.75) is 43.6 Å². The molecule has 1 atom stereocenters. The molecular formula is C42H54ClN5O7. The second kappa shape index (κ2) is 18.0. The minimum absolute atomic E-state index is 0.0733. The van der Waals surface area contributed by atoms with Crippen molar-refractivity contribution < 1.29 is 33.3 Å². The van der Waals surface area contributed by atoms with Crippen molar-refractivity contribution in [3.63, 3.8) is 0 Å². The zero-order valence-electron chi connectivity index (χ0n) is 32.5. The molecule has 3 amide bonds. The number of halogens is 1. The van der Waals surface area contributed by atoms with Crippen LogP contribution in [0.25, 0.3) is 0 Å². The standard InChI is InChI=1S/C42H54ClN5O7/c1-5-55-37(49)29-46-22-24-47(25-23-46)40(51)44-42(32-10-7-6-8-11-32)16-19-45(20-17-42)18-14-41(33-12-9-13-34(43)28-33)15-21-48(30-41)39(50)31-26-35(52-2)38(54-4)36(27-31)53-3/h6-13,26-28H,5,14-25,29-30H2,1-4H3,(H,44,51). The number of likely N-dealkylation sites (tertiary alicyclic amines) is 2. The van der Waals surface area contributed by atoms with Gasteiger partial charge in [0.2, 0.25) is 5.75 Å². The van der Waals surface area contributed by atoms with Gasteiger partial charge in [-0.15, -0.1) is 0 Å². The Bertz CT molecular complexity index is 1770. The third-order valence-electron chi connectivity index (χ3n) is 11.6. The topological polar surface area (TPSA) is 113 Å². The molecule has 0 radical (unpaired) electrons. The maximum atomic E-state index is 14.0. The molecule has 3 aromatic carbocycles. The van der Waals surface area contributed by atoms with E-state index in [0.29, 0.717) is 73.7 Å². The van der Waals surface area contributed by atoms with Crippen molar-refractivity contribution in [1.82, 2.24) is 24.9 Å². The zero-order valence-corrected chi connectivity index (χ0v) is 33.2. The normalized spacial score (nSPS) is 20.2. The van der Waals surface area contributed by atoms with Gasteiger partial charge < -0.3 is 39.0 Å². The average Bonchev–Trinajstić information content (AvgIpc) is 3.66. The van der Waals surface area contributed by atoms with E-state index in [1.807, 2.05) is 51.1 Å². The lowest BCUT2D eigenvalue weighted by molar-refractivity contribution is -0.144. The number of piperidine rings is 1. The van der Waals surface area contributed by atoms with Crippen LogP contribution >= 0.6 is 11.6 Å². The summed E-state index contributed by atoms with van der Waals surface area (Å²) < 4.78 is 21.7. The first-order valence-electron chi connectivity index (χ1n) is 19.2. The molecule has 0 aliphatic carbocycles. The third-order valence-corrected chi connectivity index (χ3v) is 11.8. The Labute approximate surface area is 329 Å². The smallest absolute Gasteiger partial charge is 0.320 e. The molecule has 3 aromatic rings. The molecule has 0 bridgehead atoms. The van der Waals surface area contributed by atoms with Gasteiger partial charge in [-0.05, 0) is 74.5 Å². The number of amides is 3. The van der Waals surface area contributed by atoms with Gasteiger partial charge in [0.25, 0.3) is 5.91 Å². The van der Waals surface area contributed by atoms with Gasteiger partial charge in [-0.25, -0.2) is 4.79 Å². The number of urea groups is 1. The van der Waals surface area contributed by atoms with Crippen molar-refractivity contribution >= 4 is 29.5 Å². The minimum Gasteiger partial charge on any atom is -0.493 e. The van der Waals surface area contributed by atoms with Gasteiger partial charge in [-0.1, -0.05) is 54.1 Å². The van der Waals surface area contributed by atoms with E-state index in [0.717, 1.165) is 56.4 Å². The predicted molar refractivity (Wildman–Crippen MR) is 211 cm³/mol. The summed E-state index contributed by atoms with van der Waals surface area (Å²) in [6.07, 6.45) is 3.17. The number of esters is 1. The number of methoxy groups -OCH3 is 3. The van der Waals surface area contributed by atoms with Crippen LogP contribution < -0.4 is 19.5 Å². The number of ether oxygens (including phenoxy) is 4. The summed E-state index contributed by atoms with van der Waals surface area (Å²) in [5.74, 6) is 0.992. The third kappa shape index (κ3) is 9.14. The van der Waals surface area contributed by atoms with Gasteiger partial charge in [0.15, 0.2) is 11.5 Å². The highest BCUT2D eigenvalue weighted by atomic mass is 35.5. The van der Waals surface area contributed by atoms with Crippen LogP contribution in [-0.4, -0.2) is 131 Å². The molecule has 3 heterocycles. The summed E-state index contributed by atoms with van der Waals surface area (Å²) in [4.78, 5) is 48.2. The fraction of sp³-hybridized carbons (Fsp3) is 0.500. The maximum absolute atomic E-state index is 14.0. The summed E-state index contributed by atoms with van der Waals surface area (Å²) in [7, 11) is 4.63. The van der Waals surface area contributed by atoms with Crippen LogP contribution in [0, 0.1) is 0 Å². The van der Waals surface area contributed by atoms with E-state index in [9.17, 15) is 14.4 Å². The van der Waals surface area contributed by atoms with Crippen LogP contribution in [0.15, 0.2) is 66.7 Å². The Hall–Kier alpha value is -4.52. The number of benzene rings is 3. The van der Waals surface area contributed by atoms with Gasteiger partial charge >= 0.3 is 12.0 Å². The van der Waals surface area contributed by atoms with Crippen molar-refractivity contribution in [3.8, 4) is 17.2 Å². The SMILES string of the molecule is CCOC(=O)CN1CCN(C(=O)NC2(c3ccccc3)CCN(CCC3(c4cccc(Cl)c4)CCN(C(=O)c4cc(OC)c(OC)c(OC)c4)C3)CC2)CC1. The number of carbonyl (C=O) groups excluding carboxylic acids is 3. The van der Waals surface area contributed by atoms with E-state index >= 15 is 0 Å². The van der Waals surface area contributed by atoms with Gasteiger partial charge in [-0.3, -0.25) is 14.5 Å². The van der Waals surface area contributed by atoms with Gasteiger partial charge in [-0.2, -0.15) is 0 Å².